The molecule has 0 aromatic heterocycles. The van der Waals surface area contributed by atoms with E-state index in [-0.39, 0.29) is 47.9 Å². The van der Waals surface area contributed by atoms with Crippen molar-refractivity contribution in [3.05, 3.63) is 68.7 Å². The molecule has 0 unspecified atom stereocenters. The van der Waals surface area contributed by atoms with Crippen LogP contribution in [0.2, 0.25) is 5.02 Å². The molecular formula is C19H21ClN4O4. The maximum Gasteiger partial charge on any atom is 0.293 e. The molecule has 0 saturated heterocycles. The molecule has 0 atom stereocenters. The quantitative estimate of drug-likeness (QED) is 0.355. The number of benzene rings is 2. The predicted octanol–water partition coefficient (Wildman–Crippen LogP) is 3.23. The standard InChI is InChI=1S/C19H21ClN4O4/c1-12(2)23-18(25)13-7-8-16(17(11-13)24(27)28)21-9-10-22-19(26)14-5-3-4-6-15(14)20/h3-8,11-12,21H,9-10H2,1-2H3,(H,22,26)(H,23,25). The van der Waals surface area contributed by atoms with Crippen molar-refractivity contribution in [2.45, 2.75) is 19.9 Å². The fraction of sp³-hybridized carbons (Fsp3) is 0.263. The van der Waals surface area contributed by atoms with Gasteiger partial charge in [-0.05, 0) is 38.1 Å². The fourth-order valence-electron chi connectivity index (χ4n) is 2.43. The summed E-state index contributed by atoms with van der Waals surface area (Å²) in [5, 5.41) is 20.0. The molecule has 0 radical (unpaired) electrons. The molecule has 2 amide bonds. The molecular weight excluding hydrogens is 384 g/mol. The summed E-state index contributed by atoms with van der Waals surface area (Å²) in [6.45, 7) is 4.10. The van der Waals surface area contributed by atoms with Gasteiger partial charge in [0.15, 0.2) is 0 Å². The highest BCUT2D eigenvalue weighted by atomic mass is 35.5. The molecule has 2 aromatic rings. The van der Waals surface area contributed by atoms with Gasteiger partial charge in [-0.3, -0.25) is 19.7 Å². The number of nitrogens with zero attached hydrogens (tertiary/aromatic N) is 1. The summed E-state index contributed by atoms with van der Waals surface area (Å²) >= 11 is 5.97. The summed E-state index contributed by atoms with van der Waals surface area (Å²) in [4.78, 5) is 34.9. The van der Waals surface area contributed by atoms with E-state index in [0.717, 1.165) is 0 Å². The van der Waals surface area contributed by atoms with E-state index < -0.39 is 4.92 Å². The van der Waals surface area contributed by atoms with Gasteiger partial charge in [0, 0.05) is 30.8 Å². The maximum absolute atomic E-state index is 12.1. The highest BCUT2D eigenvalue weighted by Crippen LogP contribution is 2.25. The van der Waals surface area contributed by atoms with Crippen molar-refractivity contribution in [2.24, 2.45) is 0 Å². The summed E-state index contributed by atoms with van der Waals surface area (Å²) in [5.41, 5.74) is 0.612. The molecule has 0 fully saturated rings. The van der Waals surface area contributed by atoms with Crippen LogP contribution < -0.4 is 16.0 Å². The topological polar surface area (TPSA) is 113 Å². The van der Waals surface area contributed by atoms with Gasteiger partial charge in [0.05, 0.1) is 15.5 Å². The van der Waals surface area contributed by atoms with E-state index in [2.05, 4.69) is 16.0 Å². The molecule has 0 spiro atoms. The number of amides is 2. The minimum atomic E-state index is -0.559. The van der Waals surface area contributed by atoms with Gasteiger partial charge in [-0.2, -0.15) is 0 Å². The molecule has 8 nitrogen and oxygen atoms in total. The van der Waals surface area contributed by atoms with E-state index >= 15 is 0 Å². The zero-order valence-electron chi connectivity index (χ0n) is 15.5. The molecule has 3 N–H and O–H groups in total. The SMILES string of the molecule is CC(C)NC(=O)c1ccc(NCCNC(=O)c2ccccc2Cl)c([N+](=O)[O-])c1. The minimum Gasteiger partial charge on any atom is -0.378 e. The van der Waals surface area contributed by atoms with E-state index in [9.17, 15) is 19.7 Å². The third-order valence-electron chi connectivity index (χ3n) is 3.72. The van der Waals surface area contributed by atoms with Crippen LogP contribution in [0, 0.1) is 10.1 Å². The van der Waals surface area contributed by atoms with Gasteiger partial charge in [-0.15, -0.1) is 0 Å². The third-order valence-corrected chi connectivity index (χ3v) is 4.05. The third kappa shape index (κ3) is 5.68. The van der Waals surface area contributed by atoms with E-state index in [1.54, 1.807) is 38.1 Å². The summed E-state index contributed by atoms with van der Waals surface area (Å²) in [7, 11) is 0. The van der Waals surface area contributed by atoms with Crippen molar-refractivity contribution in [3.63, 3.8) is 0 Å². The average molecular weight is 405 g/mol. The number of hydrogen-bond acceptors (Lipinski definition) is 5. The molecule has 0 aliphatic heterocycles. The lowest BCUT2D eigenvalue weighted by Crippen LogP contribution is -2.30. The summed E-state index contributed by atoms with van der Waals surface area (Å²) in [6.07, 6.45) is 0. The van der Waals surface area contributed by atoms with Crippen LogP contribution >= 0.6 is 11.6 Å². The van der Waals surface area contributed by atoms with Crippen LogP contribution in [-0.2, 0) is 0 Å². The first-order valence-corrected chi connectivity index (χ1v) is 9.03. The van der Waals surface area contributed by atoms with Crippen molar-refractivity contribution in [3.8, 4) is 0 Å². The number of anilines is 1. The average Bonchev–Trinajstić information content (AvgIpc) is 2.64. The summed E-state index contributed by atoms with van der Waals surface area (Å²) in [5.74, 6) is -0.709. The first-order valence-electron chi connectivity index (χ1n) is 8.65. The number of nitro benzene ring substituents is 1. The molecule has 0 aliphatic carbocycles. The van der Waals surface area contributed by atoms with Gasteiger partial charge in [-0.1, -0.05) is 23.7 Å². The normalized spacial score (nSPS) is 10.4. The number of carbonyl (C=O) groups is 2. The Morgan fingerprint density at radius 1 is 1.11 bits per heavy atom. The molecule has 0 aliphatic rings. The van der Waals surface area contributed by atoms with Crippen molar-refractivity contribution in [1.29, 1.82) is 0 Å². The molecule has 28 heavy (non-hydrogen) atoms. The Labute approximate surface area is 167 Å². The second-order valence-corrected chi connectivity index (χ2v) is 6.69. The highest BCUT2D eigenvalue weighted by Gasteiger charge is 2.18. The van der Waals surface area contributed by atoms with Crippen LogP contribution in [0.25, 0.3) is 0 Å². The molecule has 0 saturated carbocycles. The molecule has 0 bridgehead atoms. The lowest BCUT2D eigenvalue weighted by molar-refractivity contribution is -0.384. The Morgan fingerprint density at radius 3 is 2.46 bits per heavy atom. The first kappa shape index (κ1) is 21.2. The van der Waals surface area contributed by atoms with Gasteiger partial charge < -0.3 is 16.0 Å². The number of carbonyl (C=O) groups excluding carboxylic acids is 2. The zero-order valence-corrected chi connectivity index (χ0v) is 16.2. The monoisotopic (exact) mass is 404 g/mol. The number of halogens is 1. The molecule has 2 rings (SSSR count). The molecule has 148 valence electrons. The van der Waals surface area contributed by atoms with Gasteiger partial charge in [0.2, 0.25) is 0 Å². The van der Waals surface area contributed by atoms with Gasteiger partial charge in [-0.25, -0.2) is 0 Å². The smallest absolute Gasteiger partial charge is 0.293 e. The lowest BCUT2D eigenvalue weighted by Gasteiger charge is -2.11. The Hall–Kier alpha value is -3.13. The number of nitrogens with one attached hydrogen (secondary N) is 3. The van der Waals surface area contributed by atoms with Crippen LogP contribution in [0.15, 0.2) is 42.5 Å². The van der Waals surface area contributed by atoms with E-state index in [4.69, 9.17) is 11.6 Å². The molecule has 0 heterocycles. The van der Waals surface area contributed by atoms with Gasteiger partial charge in [0.1, 0.15) is 5.69 Å². The number of rotatable bonds is 8. The second-order valence-electron chi connectivity index (χ2n) is 6.28. The Balaban J connectivity index is 1.98. The van der Waals surface area contributed by atoms with Crippen LogP contribution in [0.1, 0.15) is 34.6 Å². The fourth-order valence-corrected chi connectivity index (χ4v) is 2.65. The Bertz CT molecular complexity index is 886. The van der Waals surface area contributed by atoms with Crippen LogP contribution in [0.4, 0.5) is 11.4 Å². The number of hydrogen-bond donors (Lipinski definition) is 3. The van der Waals surface area contributed by atoms with Crippen LogP contribution in [0.3, 0.4) is 0 Å². The van der Waals surface area contributed by atoms with Crippen molar-refractivity contribution < 1.29 is 14.5 Å². The van der Waals surface area contributed by atoms with Crippen LogP contribution in [-0.4, -0.2) is 35.9 Å². The summed E-state index contributed by atoms with van der Waals surface area (Å²) in [6, 6.07) is 10.8. The highest BCUT2D eigenvalue weighted by molar-refractivity contribution is 6.33. The summed E-state index contributed by atoms with van der Waals surface area (Å²) < 4.78 is 0. The van der Waals surface area contributed by atoms with E-state index in [0.29, 0.717) is 10.6 Å². The van der Waals surface area contributed by atoms with Crippen molar-refractivity contribution in [2.75, 3.05) is 18.4 Å². The number of nitro groups is 1. The van der Waals surface area contributed by atoms with Crippen molar-refractivity contribution in [1.82, 2.24) is 10.6 Å². The predicted molar refractivity (Wildman–Crippen MR) is 108 cm³/mol. The van der Waals surface area contributed by atoms with Gasteiger partial charge >= 0.3 is 0 Å². The Morgan fingerprint density at radius 2 is 1.82 bits per heavy atom. The van der Waals surface area contributed by atoms with Crippen molar-refractivity contribution >= 4 is 34.8 Å². The largest absolute Gasteiger partial charge is 0.378 e. The Kier molecular flexibility index (Phi) is 7.34. The lowest BCUT2D eigenvalue weighted by atomic mass is 10.1. The second kappa shape index (κ2) is 9.70. The molecule has 9 heteroatoms. The molecule has 2 aromatic carbocycles. The van der Waals surface area contributed by atoms with E-state index in [1.807, 2.05) is 0 Å². The maximum atomic E-state index is 12.1. The van der Waals surface area contributed by atoms with E-state index in [1.165, 1.54) is 18.2 Å². The zero-order chi connectivity index (χ0) is 20.7. The van der Waals surface area contributed by atoms with Crippen LogP contribution in [0.5, 0.6) is 0 Å². The minimum absolute atomic E-state index is 0.0777. The first-order chi connectivity index (χ1) is 13.3. The van der Waals surface area contributed by atoms with Gasteiger partial charge in [0.25, 0.3) is 17.5 Å².